The Morgan fingerprint density at radius 3 is 2.65 bits per heavy atom. The summed E-state index contributed by atoms with van der Waals surface area (Å²) in [4.78, 5) is 13.9. The van der Waals surface area contributed by atoms with Crippen LogP contribution in [0.15, 0.2) is 6.07 Å². The van der Waals surface area contributed by atoms with E-state index in [0.717, 1.165) is 11.9 Å². The zero-order chi connectivity index (χ0) is 17.4. The lowest BCUT2D eigenvalue weighted by Gasteiger charge is -2.31. The highest BCUT2D eigenvalue weighted by molar-refractivity contribution is 7.90. The van der Waals surface area contributed by atoms with E-state index >= 15 is 0 Å². The highest BCUT2D eigenvalue weighted by Crippen LogP contribution is 2.19. The lowest BCUT2D eigenvalue weighted by Crippen LogP contribution is -2.50. The van der Waals surface area contributed by atoms with E-state index in [1.54, 1.807) is 15.6 Å². The molecule has 0 aromatic carbocycles. The molecule has 0 bridgehead atoms. The predicted molar refractivity (Wildman–Crippen MR) is 85.6 cm³/mol. The van der Waals surface area contributed by atoms with E-state index in [4.69, 9.17) is 0 Å². The van der Waals surface area contributed by atoms with E-state index in [1.165, 1.54) is 0 Å². The Kier molecular flexibility index (Phi) is 4.72. The fraction of sp³-hybridized carbons (Fsp3) is 0.714. The number of carbonyl (C=O) groups is 1. The number of hydrogen-bond acceptors (Lipinski definition) is 5. The number of aliphatic hydroxyl groups is 1. The normalized spacial score (nSPS) is 16.8. The monoisotopic (exact) mass is 344 g/mol. The molecule has 0 spiro atoms. The van der Waals surface area contributed by atoms with Gasteiger partial charge in [0.2, 0.25) is 0 Å². The maximum Gasteiger partial charge on any atom is 0.318 e. The number of aromatic nitrogens is 2. The van der Waals surface area contributed by atoms with Crippen LogP contribution in [-0.4, -0.2) is 58.3 Å². The maximum absolute atomic E-state index is 12.2. The Morgan fingerprint density at radius 2 is 2.09 bits per heavy atom. The van der Waals surface area contributed by atoms with Gasteiger partial charge in [0.15, 0.2) is 0 Å². The molecule has 1 aliphatic rings. The molecule has 1 unspecified atom stereocenters. The summed E-state index contributed by atoms with van der Waals surface area (Å²) >= 11 is 0. The van der Waals surface area contributed by atoms with E-state index in [0.29, 0.717) is 25.3 Å². The Labute approximate surface area is 136 Å². The summed E-state index contributed by atoms with van der Waals surface area (Å²) in [5.74, 6) is -0.363. The third-order valence-corrected chi connectivity index (χ3v) is 4.31. The van der Waals surface area contributed by atoms with Gasteiger partial charge in [0.05, 0.1) is 30.2 Å². The van der Waals surface area contributed by atoms with Crippen molar-refractivity contribution in [2.45, 2.75) is 45.5 Å². The van der Waals surface area contributed by atoms with E-state index in [1.807, 2.05) is 20.8 Å². The second-order valence-electron chi connectivity index (χ2n) is 6.99. The van der Waals surface area contributed by atoms with Crippen LogP contribution < -0.4 is 5.32 Å². The van der Waals surface area contributed by atoms with Crippen molar-refractivity contribution >= 4 is 15.9 Å². The molecule has 2 heterocycles. The Bertz CT molecular complexity index is 690. The number of hydrogen-bond donors (Lipinski definition) is 2. The van der Waals surface area contributed by atoms with Gasteiger partial charge in [0.25, 0.3) is 0 Å². The fourth-order valence-electron chi connectivity index (χ4n) is 2.40. The molecule has 23 heavy (non-hydrogen) atoms. The SMILES string of the molecule is CC(C)(C)NC(=O)N1CCn2nc(C(O)CS(C)(=O)=O)cc2C1. The molecule has 1 atom stereocenters. The van der Waals surface area contributed by atoms with Crippen molar-refractivity contribution in [1.29, 1.82) is 0 Å². The molecule has 0 radical (unpaired) electrons. The van der Waals surface area contributed by atoms with Gasteiger partial charge in [-0.15, -0.1) is 0 Å². The van der Waals surface area contributed by atoms with Gasteiger partial charge in [-0.1, -0.05) is 0 Å². The Hall–Kier alpha value is -1.61. The van der Waals surface area contributed by atoms with Gasteiger partial charge in [0, 0.05) is 18.3 Å². The molecule has 0 fully saturated rings. The first-order valence-electron chi connectivity index (χ1n) is 7.44. The molecule has 1 aliphatic heterocycles. The molecule has 8 nitrogen and oxygen atoms in total. The highest BCUT2D eigenvalue weighted by Gasteiger charge is 2.26. The smallest absolute Gasteiger partial charge is 0.318 e. The van der Waals surface area contributed by atoms with Crippen LogP contribution >= 0.6 is 0 Å². The van der Waals surface area contributed by atoms with E-state index in [-0.39, 0.29) is 17.3 Å². The number of fused-ring (bicyclic) bond motifs is 1. The number of carbonyl (C=O) groups excluding carboxylic acids is 1. The first-order valence-corrected chi connectivity index (χ1v) is 9.50. The zero-order valence-corrected chi connectivity index (χ0v) is 14.7. The summed E-state index contributed by atoms with van der Waals surface area (Å²) in [5.41, 5.74) is 0.789. The highest BCUT2D eigenvalue weighted by atomic mass is 32.2. The summed E-state index contributed by atoms with van der Waals surface area (Å²) in [6.45, 7) is 7.15. The quantitative estimate of drug-likeness (QED) is 0.820. The predicted octanol–water partition coefficient (Wildman–Crippen LogP) is 0.285. The van der Waals surface area contributed by atoms with Crippen LogP contribution in [0.4, 0.5) is 4.79 Å². The van der Waals surface area contributed by atoms with E-state index in [2.05, 4.69) is 10.4 Å². The van der Waals surface area contributed by atoms with Gasteiger partial charge in [-0.2, -0.15) is 5.10 Å². The van der Waals surface area contributed by atoms with Crippen molar-refractivity contribution in [2.24, 2.45) is 0 Å². The molecule has 9 heteroatoms. The van der Waals surface area contributed by atoms with Crippen LogP contribution in [0.5, 0.6) is 0 Å². The van der Waals surface area contributed by atoms with Crippen molar-refractivity contribution in [3.05, 3.63) is 17.5 Å². The van der Waals surface area contributed by atoms with E-state index < -0.39 is 15.9 Å². The molecule has 0 saturated heterocycles. The van der Waals surface area contributed by atoms with Crippen LogP contribution in [0.2, 0.25) is 0 Å². The minimum absolute atomic E-state index is 0.150. The van der Waals surface area contributed by atoms with Gasteiger partial charge in [0.1, 0.15) is 15.9 Å². The maximum atomic E-state index is 12.2. The van der Waals surface area contributed by atoms with E-state index in [9.17, 15) is 18.3 Å². The second kappa shape index (κ2) is 6.12. The molecule has 0 aliphatic carbocycles. The average Bonchev–Trinajstić information content (AvgIpc) is 2.77. The minimum atomic E-state index is -3.29. The number of nitrogens with zero attached hydrogens (tertiary/aromatic N) is 3. The third kappa shape index (κ3) is 4.93. The van der Waals surface area contributed by atoms with Gasteiger partial charge in [-0.05, 0) is 26.8 Å². The van der Waals surface area contributed by atoms with Gasteiger partial charge in [-0.25, -0.2) is 13.2 Å². The molecule has 2 N–H and O–H groups in total. The summed E-state index contributed by atoms with van der Waals surface area (Å²) in [7, 11) is -3.29. The first-order chi connectivity index (χ1) is 10.4. The fourth-order valence-corrected chi connectivity index (χ4v) is 3.14. The Balaban J connectivity index is 2.09. The molecule has 1 aromatic heterocycles. The Morgan fingerprint density at radius 1 is 1.43 bits per heavy atom. The van der Waals surface area contributed by atoms with Crippen LogP contribution in [0.25, 0.3) is 0 Å². The summed E-state index contributed by atoms with van der Waals surface area (Å²) in [6.07, 6.45) is -0.0786. The van der Waals surface area contributed by atoms with Gasteiger partial charge < -0.3 is 15.3 Å². The minimum Gasteiger partial charge on any atom is -0.386 e. The molecule has 130 valence electrons. The zero-order valence-electron chi connectivity index (χ0n) is 13.9. The summed E-state index contributed by atoms with van der Waals surface area (Å²) < 4.78 is 24.3. The van der Waals surface area contributed by atoms with Crippen LogP contribution in [0.3, 0.4) is 0 Å². The molecule has 2 rings (SSSR count). The van der Waals surface area contributed by atoms with Gasteiger partial charge >= 0.3 is 6.03 Å². The molecular formula is C14H24N4O4S. The molecule has 1 aromatic rings. The van der Waals surface area contributed by atoms with Crippen molar-refractivity contribution in [1.82, 2.24) is 20.0 Å². The molecule has 0 saturated carbocycles. The third-order valence-electron chi connectivity index (χ3n) is 3.39. The first kappa shape index (κ1) is 17.7. The second-order valence-corrected chi connectivity index (χ2v) is 9.18. The van der Waals surface area contributed by atoms with Gasteiger partial charge in [-0.3, -0.25) is 4.68 Å². The standard InChI is InChI=1S/C14H24N4O4S/c1-14(2,3)15-13(20)17-5-6-18-10(8-17)7-11(16-18)12(19)9-23(4,21)22/h7,12,19H,5-6,8-9H2,1-4H3,(H,15,20). The average molecular weight is 344 g/mol. The summed E-state index contributed by atoms with van der Waals surface area (Å²) in [6, 6.07) is 1.51. The van der Waals surface area contributed by atoms with Crippen LogP contribution in [-0.2, 0) is 22.9 Å². The largest absolute Gasteiger partial charge is 0.386 e. The number of rotatable bonds is 3. The van der Waals surface area contributed by atoms with Crippen molar-refractivity contribution < 1.29 is 18.3 Å². The number of aliphatic hydroxyl groups excluding tert-OH is 1. The topological polar surface area (TPSA) is 105 Å². The summed E-state index contributed by atoms with van der Waals surface area (Å²) in [5, 5.41) is 17.1. The van der Waals surface area contributed by atoms with Crippen molar-refractivity contribution in [3.8, 4) is 0 Å². The molecule has 2 amide bonds. The number of sulfone groups is 1. The van der Waals surface area contributed by atoms with Crippen molar-refractivity contribution in [2.75, 3.05) is 18.6 Å². The lowest BCUT2D eigenvalue weighted by molar-refractivity contribution is 0.171. The number of amides is 2. The lowest BCUT2D eigenvalue weighted by atomic mass is 10.1. The van der Waals surface area contributed by atoms with Crippen molar-refractivity contribution in [3.63, 3.8) is 0 Å². The van der Waals surface area contributed by atoms with Crippen LogP contribution in [0, 0.1) is 0 Å². The van der Waals surface area contributed by atoms with Crippen LogP contribution in [0.1, 0.15) is 38.3 Å². The molecular weight excluding hydrogens is 320 g/mol. The number of urea groups is 1. The number of nitrogens with one attached hydrogen (secondary N) is 1.